The second-order valence-electron chi connectivity index (χ2n) is 6.11. The third-order valence-electron chi connectivity index (χ3n) is 4.17. The number of nitrogens with zero attached hydrogens (tertiary/aromatic N) is 3. The Hall–Kier alpha value is -2.71. The SMILES string of the molecule is Cc1ccc(-n2nc(C)c(CC(=O)Nc3ncc(C(N)=O)s3)c2C)cc1Cl. The number of carbonyl (C=O) groups excluding carboxylic acids is 2. The minimum atomic E-state index is -0.572. The largest absolute Gasteiger partial charge is 0.365 e. The number of halogens is 1. The van der Waals surface area contributed by atoms with Crippen LogP contribution in [0.2, 0.25) is 5.02 Å². The van der Waals surface area contributed by atoms with Crippen molar-refractivity contribution in [1.82, 2.24) is 14.8 Å². The van der Waals surface area contributed by atoms with E-state index in [0.717, 1.165) is 39.5 Å². The molecule has 140 valence electrons. The van der Waals surface area contributed by atoms with Gasteiger partial charge in [0, 0.05) is 16.3 Å². The average molecular weight is 404 g/mol. The Kier molecular flexibility index (Phi) is 5.29. The van der Waals surface area contributed by atoms with E-state index in [1.54, 1.807) is 4.68 Å². The van der Waals surface area contributed by atoms with E-state index in [2.05, 4.69) is 15.4 Å². The Morgan fingerprint density at radius 3 is 2.67 bits per heavy atom. The Bertz CT molecular complexity index is 1040. The minimum absolute atomic E-state index is 0.142. The molecule has 0 unspecified atom stereocenters. The lowest BCUT2D eigenvalue weighted by atomic mass is 10.1. The number of hydrogen-bond acceptors (Lipinski definition) is 5. The lowest BCUT2D eigenvalue weighted by Gasteiger charge is -2.07. The van der Waals surface area contributed by atoms with Crippen molar-refractivity contribution in [3.05, 3.63) is 56.8 Å². The van der Waals surface area contributed by atoms with Gasteiger partial charge in [0.1, 0.15) is 4.88 Å². The molecule has 0 aliphatic rings. The summed E-state index contributed by atoms with van der Waals surface area (Å²) in [6, 6.07) is 5.71. The molecule has 3 rings (SSSR count). The van der Waals surface area contributed by atoms with Gasteiger partial charge in [0.05, 0.1) is 24.0 Å². The highest BCUT2D eigenvalue weighted by Gasteiger charge is 2.17. The maximum absolute atomic E-state index is 12.4. The molecule has 3 N–H and O–H groups in total. The number of aryl methyl sites for hydroxylation is 2. The molecule has 0 radical (unpaired) electrons. The summed E-state index contributed by atoms with van der Waals surface area (Å²) < 4.78 is 1.78. The first-order valence-corrected chi connectivity index (χ1v) is 9.33. The Morgan fingerprint density at radius 2 is 2.04 bits per heavy atom. The van der Waals surface area contributed by atoms with Crippen molar-refractivity contribution in [1.29, 1.82) is 0 Å². The van der Waals surface area contributed by atoms with E-state index in [0.29, 0.717) is 15.0 Å². The van der Waals surface area contributed by atoms with Crippen LogP contribution in [0.3, 0.4) is 0 Å². The Morgan fingerprint density at radius 1 is 1.30 bits per heavy atom. The fourth-order valence-corrected chi connectivity index (χ4v) is 3.52. The molecule has 2 heterocycles. The molecule has 0 fully saturated rings. The van der Waals surface area contributed by atoms with E-state index in [4.69, 9.17) is 17.3 Å². The molecule has 0 spiro atoms. The molecule has 0 aliphatic heterocycles. The first kappa shape index (κ1) is 19.1. The third-order valence-corrected chi connectivity index (χ3v) is 5.51. The van der Waals surface area contributed by atoms with Gasteiger partial charge < -0.3 is 11.1 Å². The summed E-state index contributed by atoms with van der Waals surface area (Å²) in [6.45, 7) is 5.70. The van der Waals surface area contributed by atoms with E-state index < -0.39 is 5.91 Å². The molecule has 1 aromatic carbocycles. The van der Waals surface area contributed by atoms with Crippen molar-refractivity contribution >= 4 is 39.9 Å². The number of anilines is 1. The highest BCUT2D eigenvalue weighted by molar-refractivity contribution is 7.17. The number of nitrogens with one attached hydrogen (secondary N) is 1. The second kappa shape index (κ2) is 7.50. The summed E-state index contributed by atoms with van der Waals surface area (Å²) in [5, 5.41) is 8.23. The van der Waals surface area contributed by atoms with Gasteiger partial charge in [-0.15, -0.1) is 0 Å². The van der Waals surface area contributed by atoms with Crippen molar-refractivity contribution in [3.8, 4) is 5.69 Å². The van der Waals surface area contributed by atoms with Crippen LogP contribution < -0.4 is 11.1 Å². The standard InChI is InChI=1S/C18H18ClN5O2S/c1-9-4-5-12(6-14(9)19)24-11(3)13(10(2)23-24)7-16(25)22-18-21-8-15(27-18)17(20)26/h4-6,8H,7H2,1-3H3,(H2,20,26)(H,21,22,25). The van der Waals surface area contributed by atoms with Crippen molar-refractivity contribution in [2.45, 2.75) is 27.2 Å². The van der Waals surface area contributed by atoms with Gasteiger partial charge in [-0.1, -0.05) is 29.0 Å². The van der Waals surface area contributed by atoms with Gasteiger partial charge in [-0.05, 0) is 38.5 Å². The van der Waals surface area contributed by atoms with E-state index in [1.807, 2.05) is 39.0 Å². The monoisotopic (exact) mass is 403 g/mol. The number of aromatic nitrogens is 3. The van der Waals surface area contributed by atoms with E-state index >= 15 is 0 Å². The summed E-state index contributed by atoms with van der Waals surface area (Å²) >= 11 is 7.26. The molecule has 9 heteroatoms. The van der Waals surface area contributed by atoms with Gasteiger partial charge in [0.25, 0.3) is 5.91 Å². The topological polar surface area (TPSA) is 103 Å². The van der Waals surface area contributed by atoms with Crippen LogP contribution in [0.4, 0.5) is 5.13 Å². The van der Waals surface area contributed by atoms with Gasteiger partial charge in [0.2, 0.25) is 5.91 Å². The summed E-state index contributed by atoms with van der Waals surface area (Å²) in [4.78, 5) is 27.8. The van der Waals surface area contributed by atoms with Crippen LogP contribution in [0.1, 0.15) is 32.2 Å². The van der Waals surface area contributed by atoms with Crippen molar-refractivity contribution in [3.63, 3.8) is 0 Å². The number of primary amides is 1. The number of hydrogen-bond donors (Lipinski definition) is 2. The fraction of sp³-hybridized carbons (Fsp3) is 0.222. The first-order valence-electron chi connectivity index (χ1n) is 8.13. The van der Waals surface area contributed by atoms with Gasteiger partial charge in [-0.25, -0.2) is 9.67 Å². The highest BCUT2D eigenvalue weighted by Crippen LogP contribution is 2.24. The second-order valence-corrected chi connectivity index (χ2v) is 7.55. The molecule has 0 aliphatic carbocycles. The molecule has 7 nitrogen and oxygen atoms in total. The van der Waals surface area contributed by atoms with Crippen LogP contribution in [-0.2, 0) is 11.2 Å². The van der Waals surface area contributed by atoms with E-state index in [9.17, 15) is 9.59 Å². The number of amides is 2. The quantitative estimate of drug-likeness (QED) is 0.682. The van der Waals surface area contributed by atoms with Crippen LogP contribution in [0.25, 0.3) is 5.69 Å². The number of carbonyl (C=O) groups is 2. The summed E-state index contributed by atoms with van der Waals surface area (Å²) in [5.41, 5.74) is 9.47. The van der Waals surface area contributed by atoms with Gasteiger partial charge in [-0.2, -0.15) is 5.10 Å². The third kappa shape index (κ3) is 4.01. The van der Waals surface area contributed by atoms with E-state index in [1.165, 1.54) is 6.20 Å². The smallest absolute Gasteiger partial charge is 0.260 e. The van der Waals surface area contributed by atoms with Crippen LogP contribution in [0.15, 0.2) is 24.4 Å². The van der Waals surface area contributed by atoms with Gasteiger partial charge in [0.15, 0.2) is 5.13 Å². The summed E-state index contributed by atoms with van der Waals surface area (Å²) in [6.07, 6.45) is 1.49. The lowest BCUT2D eigenvalue weighted by molar-refractivity contribution is -0.115. The molecule has 0 atom stereocenters. The molecule has 2 amide bonds. The molecule has 3 aromatic rings. The first-order chi connectivity index (χ1) is 12.8. The van der Waals surface area contributed by atoms with Gasteiger partial charge in [-0.3, -0.25) is 9.59 Å². The lowest BCUT2D eigenvalue weighted by Crippen LogP contribution is -2.15. The Balaban J connectivity index is 1.80. The van der Waals surface area contributed by atoms with Crippen LogP contribution in [-0.4, -0.2) is 26.6 Å². The predicted molar refractivity (Wildman–Crippen MR) is 106 cm³/mol. The summed E-state index contributed by atoms with van der Waals surface area (Å²) in [5.74, 6) is -0.814. The summed E-state index contributed by atoms with van der Waals surface area (Å²) in [7, 11) is 0. The molecular weight excluding hydrogens is 386 g/mol. The van der Waals surface area contributed by atoms with Crippen molar-refractivity contribution < 1.29 is 9.59 Å². The molecule has 0 saturated heterocycles. The molecule has 0 saturated carbocycles. The van der Waals surface area contributed by atoms with Crippen LogP contribution in [0.5, 0.6) is 0 Å². The van der Waals surface area contributed by atoms with Crippen molar-refractivity contribution in [2.24, 2.45) is 5.73 Å². The predicted octanol–water partition coefficient (Wildman–Crippen LogP) is 3.19. The molecule has 2 aromatic heterocycles. The minimum Gasteiger partial charge on any atom is -0.365 e. The maximum Gasteiger partial charge on any atom is 0.260 e. The maximum atomic E-state index is 12.4. The number of thiazole rings is 1. The molecule has 27 heavy (non-hydrogen) atoms. The zero-order valence-electron chi connectivity index (χ0n) is 15.0. The zero-order chi connectivity index (χ0) is 19.7. The number of nitrogens with two attached hydrogens (primary N) is 1. The Labute approximate surface area is 165 Å². The number of rotatable bonds is 5. The normalized spacial score (nSPS) is 10.8. The van der Waals surface area contributed by atoms with Crippen molar-refractivity contribution in [2.75, 3.05) is 5.32 Å². The average Bonchev–Trinajstić information content (AvgIpc) is 3.17. The zero-order valence-corrected chi connectivity index (χ0v) is 16.6. The van der Waals surface area contributed by atoms with Crippen LogP contribution >= 0.6 is 22.9 Å². The molecular formula is C18H18ClN5O2S. The van der Waals surface area contributed by atoms with Crippen LogP contribution in [0, 0.1) is 20.8 Å². The van der Waals surface area contributed by atoms with Gasteiger partial charge >= 0.3 is 0 Å². The highest BCUT2D eigenvalue weighted by atomic mass is 35.5. The fourth-order valence-electron chi connectivity index (χ4n) is 2.67. The number of benzene rings is 1. The molecule has 0 bridgehead atoms. The van der Waals surface area contributed by atoms with E-state index in [-0.39, 0.29) is 12.3 Å².